The second-order valence-electron chi connectivity index (χ2n) is 5.82. The zero-order valence-electron chi connectivity index (χ0n) is 13.6. The number of carbonyl (C=O) groups is 1. The van der Waals surface area contributed by atoms with Crippen molar-refractivity contribution >= 4 is 5.97 Å². The second kappa shape index (κ2) is 7.25. The highest BCUT2D eigenvalue weighted by Gasteiger charge is 2.17. The summed E-state index contributed by atoms with van der Waals surface area (Å²) in [5.74, 6) is 0.185. The highest BCUT2D eigenvalue weighted by Crippen LogP contribution is 2.09. The number of nitrogens with zero attached hydrogens (tertiary/aromatic N) is 2. The zero-order valence-corrected chi connectivity index (χ0v) is 13.6. The Bertz CT molecular complexity index is 642. The topological polar surface area (TPSA) is 48.9 Å². The Balaban J connectivity index is 2.17. The van der Waals surface area contributed by atoms with Gasteiger partial charge < -0.3 is 9.90 Å². The molecule has 0 spiro atoms. The third kappa shape index (κ3) is 3.75. The molecule has 0 saturated heterocycles. The Morgan fingerprint density at radius 2 is 1.91 bits per heavy atom. The van der Waals surface area contributed by atoms with Gasteiger partial charge in [0, 0.05) is 13.3 Å². The van der Waals surface area contributed by atoms with Gasteiger partial charge in [-0.25, -0.2) is 9.13 Å². The van der Waals surface area contributed by atoms with Crippen LogP contribution in [0, 0.1) is 6.92 Å². The summed E-state index contributed by atoms with van der Waals surface area (Å²) in [5, 5.41) is 10.8. The number of aryl methyl sites for hydroxylation is 1. The van der Waals surface area contributed by atoms with Crippen molar-refractivity contribution in [1.29, 1.82) is 0 Å². The number of aromatic carboxylic acids is 1. The van der Waals surface area contributed by atoms with E-state index in [1.165, 1.54) is 30.8 Å². The van der Waals surface area contributed by atoms with Crippen LogP contribution in [-0.2, 0) is 20.0 Å². The Morgan fingerprint density at radius 3 is 2.50 bits per heavy atom. The van der Waals surface area contributed by atoms with Crippen molar-refractivity contribution in [2.45, 2.75) is 46.1 Å². The summed E-state index contributed by atoms with van der Waals surface area (Å²) in [6.45, 7) is 5.08. The molecule has 0 unspecified atom stereocenters. The lowest BCUT2D eigenvalue weighted by atomic mass is 10.1. The van der Waals surface area contributed by atoms with E-state index in [1.807, 2.05) is 12.1 Å². The van der Waals surface area contributed by atoms with Crippen molar-refractivity contribution in [3.05, 3.63) is 53.1 Å². The normalized spacial score (nSPS) is 10.9. The lowest BCUT2D eigenvalue weighted by molar-refractivity contribution is -0.695. The van der Waals surface area contributed by atoms with Crippen molar-refractivity contribution < 1.29 is 14.5 Å². The summed E-state index contributed by atoms with van der Waals surface area (Å²) in [4.78, 5) is 10.8. The van der Waals surface area contributed by atoms with Crippen LogP contribution in [0.25, 0.3) is 0 Å². The van der Waals surface area contributed by atoms with Crippen LogP contribution in [0.5, 0.6) is 0 Å². The van der Waals surface area contributed by atoms with Gasteiger partial charge >= 0.3 is 0 Å². The second-order valence-corrected chi connectivity index (χ2v) is 5.82. The van der Waals surface area contributed by atoms with Crippen molar-refractivity contribution in [3.8, 4) is 0 Å². The minimum absolute atomic E-state index is 0.223. The first kappa shape index (κ1) is 16.3. The van der Waals surface area contributed by atoms with Crippen molar-refractivity contribution in [2.24, 2.45) is 7.05 Å². The molecule has 4 heteroatoms. The number of hydrogen-bond acceptors (Lipinski definition) is 2. The molecule has 118 valence electrons. The Morgan fingerprint density at radius 1 is 1.23 bits per heavy atom. The van der Waals surface area contributed by atoms with E-state index in [0.717, 1.165) is 18.5 Å². The molecule has 0 radical (unpaired) electrons. The molecule has 0 aliphatic carbocycles. The van der Waals surface area contributed by atoms with E-state index in [4.69, 9.17) is 0 Å². The predicted octanol–water partition coefficient (Wildman–Crippen LogP) is 1.77. The molecule has 22 heavy (non-hydrogen) atoms. The third-order valence-corrected chi connectivity index (χ3v) is 4.14. The molecule has 0 atom stereocenters. The van der Waals surface area contributed by atoms with E-state index in [-0.39, 0.29) is 5.56 Å². The number of carboxylic acids is 1. The molecule has 2 aromatic rings. The smallest absolute Gasteiger partial charge is 0.256 e. The minimum atomic E-state index is -1.13. The van der Waals surface area contributed by atoms with Crippen LogP contribution in [0.15, 0.2) is 30.5 Å². The quantitative estimate of drug-likeness (QED) is 0.578. The molecule has 0 amide bonds. The van der Waals surface area contributed by atoms with Crippen LogP contribution in [-0.4, -0.2) is 10.5 Å². The van der Waals surface area contributed by atoms with Gasteiger partial charge in [0.05, 0.1) is 13.0 Å². The van der Waals surface area contributed by atoms with Gasteiger partial charge in [0.2, 0.25) is 0 Å². The lowest BCUT2D eigenvalue weighted by Gasteiger charge is -2.05. The van der Waals surface area contributed by atoms with E-state index in [0.29, 0.717) is 0 Å². The number of unbranched alkanes of at least 4 members (excludes halogenated alkanes) is 2. The molecular weight excluding hydrogens is 276 g/mol. The maximum Gasteiger partial charge on any atom is 0.256 e. The SMILES string of the molecule is CCCCCc1n(C)c(C)c[n+]1Cc1ccc(C(=O)[O-])cc1. The molecular formula is C18H24N2O2. The molecule has 0 aliphatic heterocycles. The highest BCUT2D eigenvalue weighted by atomic mass is 16.4. The molecule has 0 saturated carbocycles. The molecule has 2 rings (SSSR count). The number of hydrogen-bond donors (Lipinski definition) is 0. The van der Waals surface area contributed by atoms with Gasteiger partial charge in [0.25, 0.3) is 5.82 Å². The van der Waals surface area contributed by atoms with Gasteiger partial charge in [0.1, 0.15) is 18.4 Å². The molecule has 1 aromatic carbocycles. The van der Waals surface area contributed by atoms with E-state index < -0.39 is 5.97 Å². The van der Waals surface area contributed by atoms with Crippen LogP contribution < -0.4 is 9.67 Å². The van der Waals surface area contributed by atoms with Gasteiger partial charge in [-0.05, 0) is 17.5 Å². The van der Waals surface area contributed by atoms with E-state index in [1.54, 1.807) is 12.1 Å². The molecule has 4 nitrogen and oxygen atoms in total. The average molecular weight is 300 g/mol. The van der Waals surface area contributed by atoms with Crippen LogP contribution in [0.3, 0.4) is 0 Å². The molecule has 0 fully saturated rings. The van der Waals surface area contributed by atoms with Gasteiger partial charge in [0.15, 0.2) is 0 Å². The minimum Gasteiger partial charge on any atom is -0.545 e. The summed E-state index contributed by atoms with van der Waals surface area (Å²) in [5.41, 5.74) is 2.55. The van der Waals surface area contributed by atoms with Crippen molar-refractivity contribution in [1.82, 2.24) is 4.57 Å². The number of carboxylic acid groups (broad SMARTS) is 1. The zero-order chi connectivity index (χ0) is 16.1. The summed E-state index contributed by atoms with van der Waals surface area (Å²) in [6, 6.07) is 6.93. The molecule has 0 aliphatic rings. The monoisotopic (exact) mass is 300 g/mol. The first-order valence-corrected chi connectivity index (χ1v) is 7.87. The van der Waals surface area contributed by atoms with Crippen LogP contribution in [0.4, 0.5) is 0 Å². The number of carbonyl (C=O) groups excluding carboxylic acids is 1. The number of rotatable bonds is 7. The highest BCUT2D eigenvalue weighted by molar-refractivity contribution is 5.85. The van der Waals surface area contributed by atoms with Crippen LogP contribution in [0.2, 0.25) is 0 Å². The van der Waals surface area contributed by atoms with Gasteiger partial charge in [-0.15, -0.1) is 0 Å². The fraction of sp³-hybridized carbons (Fsp3) is 0.444. The number of imidazole rings is 1. The average Bonchev–Trinajstić information content (AvgIpc) is 2.75. The largest absolute Gasteiger partial charge is 0.545 e. The first-order chi connectivity index (χ1) is 10.5. The maximum absolute atomic E-state index is 10.8. The van der Waals surface area contributed by atoms with E-state index in [9.17, 15) is 9.90 Å². The Hall–Kier alpha value is -2.10. The van der Waals surface area contributed by atoms with Gasteiger partial charge in [-0.1, -0.05) is 44.0 Å². The summed E-state index contributed by atoms with van der Waals surface area (Å²) in [7, 11) is 2.10. The fourth-order valence-electron chi connectivity index (χ4n) is 2.71. The maximum atomic E-state index is 10.8. The fourth-order valence-corrected chi connectivity index (χ4v) is 2.71. The van der Waals surface area contributed by atoms with Crippen LogP contribution >= 0.6 is 0 Å². The molecule has 1 heterocycles. The molecule has 0 N–H and O–H groups in total. The van der Waals surface area contributed by atoms with Crippen molar-refractivity contribution in [2.75, 3.05) is 0 Å². The van der Waals surface area contributed by atoms with Gasteiger partial charge in [-0.2, -0.15) is 0 Å². The first-order valence-electron chi connectivity index (χ1n) is 7.87. The predicted molar refractivity (Wildman–Crippen MR) is 83.4 cm³/mol. The number of benzene rings is 1. The summed E-state index contributed by atoms with van der Waals surface area (Å²) >= 11 is 0. The van der Waals surface area contributed by atoms with Crippen molar-refractivity contribution in [3.63, 3.8) is 0 Å². The molecule has 0 bridgehead atoms. The number of aromatic nitrogens is 2. The summed E-state index contributed by atoms with van der Waals surface area (Å²) in [6.07, 6.45) is 6.87. The molecule has 1 aromatic heterocycles. The third-order valence-electron chi connectivity index (χ3n) is 4.14. The Labute approximate surface area is 132 Å². The van der Waals surface area contributed by atoms with E-state index in [2.05, 4.69) is 36.2 Å². The lowest BCUT2D eigenvalue weighted by Crippen LogP contribution is -2.37. The summed E-state index contributed by atoms with van der Waals surface area (Å²) < 4.78 is 4.50. The van der Waals surface area contributed by atoms with E-state index >= 15 is 0 Å². The van der Waals surface area contributed by atoms with Gasteiger partial charge in [-0.3, -0.25) is 0 Å². The Kier molecular flexibility index (Phi) is 5.36. The van der Waals surface area contributed by atoms with Crippen LogP contribution in [0.1, 0.15) is 53.6 Å². The standard InChI is InChI=1S/C18H24N2O2/c1-4-5-6-7-17-19(3)14(2)12-20(17)13-15-8-10-16(11-9-15)18(21)22/h8-12H,4-7,13H2,1-3H3.